The van der Waals surface area contributed by atoms with Crippen molar-refractivity contribution in [3.8, 4) is 0 Å². The zero-order valence-electron chi connectivity index (χ0n) is 7.31. The summed E-state index contributed by atoms with van der Waals surface area (Å²) in [7, 11) is 1.58. The van der Waals surface area contributed by atoms with Gasteiger partial charge < -0.3 is 24.7 Å². The average molecular weight is 201 g/mol. The van der Waals surface area contributed by atoms with Crippen LogP contribution in [0.4, 0.5) is 0 Å². The van der Waals surface area contributed by atoms with Crippen molar-refractivity contribution in [3.63, 3.8) is 0 Å². The zero-order chi connectivity index (χ0) is 8.69. The summed E-state index contributed by atoms with van der Waals surface area (Å²) in [5, 5.41) is 21.5. The van der Waals surface area contributed by atoms with Gasteiger partial charge in [-0.2, -0.15) is 0 Å². The second kappa shape index (κ2) is 10.6. The maximum atomic E-state index is 7.17. The maximum absolute atomic E-state index is 7.17. The van der Waals surface area contributed by atoms with Crippen molar-refractivity contribution in [1.82, 2.24) is 4.90 Å². The second-order valence-electron chi connectivity index (χ2n) is 2.08. The maximum Gasteiger partial charge on any atom is 1.00 e. The summed E-state index contributed by atoms with van der Waals surface area (Å²) in [6, 6.07) is 0. The van der Waals surface area contributed by atoms with E-state index in [9.17, 15) is 0 Å². The number of nitrogens with zero attached hydrogens (tertiary/aromatic N) is 1. The molecule has 1 heterocycles. The van der Waals surface area contributed by atoms with E-state index >= 15 is 0 Å². The van der Waals surface area contributed by atoms with Gasteiger partial charge in [0.2, 0.25) is 0 Å². The van der Waals surface area contributed by atoms with Gasteiger partial charge in [0.05, 0.1) is 13.2 Å². The molecule has 0 aromatic heterocycles. The van der Waals surface area contributed by atoms with E-state index in [0.717, 1.165) is 26.3 Å². The van der Waals surface area contributed by atoms with Crippen molar-refractivity contribution in [3.05, 3.63) is 7.05 Å². The van der Waals surface area contributed by atoms with Crippen molar-refractivity contribution in [2.75, 3.05) is 26.3 Å². The van der Waals surface area contributed by atoms with Gasteiger partial charge in [-0.15, -0.1) is 0 Å². The van der Waals surface area contributed by atoms with Crippen molar-refractivity contribution in [1.29, 1.82) is 0 Å². The van der Waals surface area contributed by atoms with Gasteiger partial charge >= 0.3 is 58.7 Å². The van der Waals surface area contributed by atoms with E-state index in [4.69, 9.17) is 19.8 Å². The molecule has 0 radical (unpaired) electrons. The van der Waals surface area contributed by atoms with E-state index in [2.05, 4.69) is 7.05 Å². The minimum atomic E-state index is -2.17. The Morgan fingerprint density at radius 2 is 1.50 bits per heavy atom. The topological polar surface area (TPSA) is 73.2 Å². The summed E-state index contributed by atoms with van der Waals surface area (Å²) in [5.41, 5.74) is 0. The van der Waals surface area contributed by atoms with Crippen LogP contribution in [0.25, 0.3) is 0 Å². The molecule has 0 amide bonds. The van der Waals surface area contributed by atoms with Crippen LogP contribution in [0.15, 0.2) is 0 Å². The monoisotopic (exact) mass is 201 g/mol. The van der Waals surface area contributed by atoms with Crippen LogP contribution in [-0.2, 0) is 4.74 Å². The van der Waals surface area contributed by atoms with Crippen molar-refractivity contribution >= 4 is 7.32 Å². The third kappa shape index (κ3) is 14.0. The molecule has 0 aromatic carbocycles. The van der Waals surface area contributed by atoms with Crippen LogP contribution in [-0.4, -0.2) is 53.6 Å². The standard InChI is InChI=1S/C5H10NO.BH3O3.K/c1-6-2-4-7-5-3-6;2-1(3)4;/h1-5H2;2-4H;/q-1;;+1. The molecule has 0 bridgehead atoms. The van der Waals surface area contributed by atoms with E-state index in [1.54, 1.807) is 0 Å². The minimum Gasteiger partial charge on any atom is -0.455 e. The molecule has 1 rings (SSSR count). The van der Waals surface area contributed by atoms with Gasteiger partial charge in [0.1, 0.15) is 0 Å². The molecule has 1 aliphatic heterocycles. The van der Waals surface area contributed by atoms with Crippen LogP contribution in [0.3, 0.4) is 0 Å². The molecule has 66 valence electrons. The molecule has 0 unspecified atom stereocenters. The van der Waals surface area contributed by atoms with E-state index in [1.807, 2.05) is 4.90 Å². The Morgan fingerprint density at radius 1 is 1.17 bits per heavy atom. The molecule has 1 saturated heterocycles. The molecule has 0 aromatic rings. The van der Waals surface area contributed by atoms with Crippen molar-refractivity contribution < 1.29 is 71.2 Å². The fourth-order valence-corrected chi connectivity index (χ4v) is 0.601. The Kier molecular flexibility index (Phi) is 14.1. The van der Waals surface area contributed by atoms with Gasteiger partial charge in [-0.3, -0.25) is 7.05 Å². The Morgan fingerprint density at radius 3 is 1.67 bits per heavy atom. The predicted octanol–water partition coefficient (Wildman–Crippen LogP) is -4.94. The first kappa shape index (κ1) is 16.0. The van der Waals surface area contributed by atoms with Gasteiger partial charge in [0.25, 0.3) is 0 Å². The first-order chi connectivity index (χ1) is 5.13. The molecule has 0 aliphatic carbocycles. The predicted molar refractivity (Wildman–Crippen MR) is 40.2 cm³/mol. The van der Waals surface area contributed by atoms with Crippen molar-refractivity contribution in [2.45, 2.75) is 0 Å². The SMILES string of the molecule is OB(O)O.[CH2-]N1CCOCC1.[K+]. The van der Waals surface area contributed by atoms with Gasteiger partial charge in [0.15, 0.2) is 0 Å². The molecule has 5 nitrogen and oxygen atoms in total. The molecule has 0 spiro atoms. The van der Waals surface area contributed by atoms with Crippen LogP contribution in [0.1, 0.15) is 0 Å². The summed E-state index contributed by atoms with van der Waals surface area (Å²) >= 11 is 0. The first-order valence-electron chi connectivity index (χ1n) is 3.30. The van der Waals surface area contributed by atoms with E-state index in [-0.39, 0.29) is 51.4 Å². The zero-order valence-corrected chi connectivity index (χ0v) is 10.4. The third-order valence-electron chi connectivity index (χ3n) is 1.10. The van der Waals surface area contributed by atoms with Crippen LogP contribution < -0.4 is 51.4 Å². The average Bonchev–Trinajstić information content (AvgIpc) is 1.87. The summed E-state index contributed by atoms with van der Waals surface area (Å²) in [5.74, 6) is 0. The number of rotatable bonds is 0. The molecule has 1 fully saturated rings. The Bertz CT molecular complexity index is 88.8. The van der Waals surface area contributed by atoms with Gasteiger partial charge in [-0.05, 0) is 13.1 Å². The minimum absolute atomic E-state index is 0. The number of hydrogen-bond donors (Lipinski definition) is 3. The molecule has 12 heavy (non-hydrogen) atoms. The Labute approximate surface area is 115 Å². The molecular weight excluding hydrogens is 188 g/mol. The van der Waals surface area contributed by atoms with Crippen molar-refractivity contribution in [2.24, 2.45) is 0 Å². The molecule has 0 atom stereocenters. The first-order valence-corrected chi connectivity index (χ1v) is 3.30. The van der Waals surface area contributed by atoms with Gasteiger partial charge in [0, 0.05) is 0 Å². The third-order valence-corrected chi connectivity index (χ3v) is 1.10. The summed E-state index contributed by atoms with van der Waals surface area (Å²) in [6.45, 7) is 3.67. The van der Waals surface area contributed by atoms with E-state index in [0.29, 0.717) is 0 Å². The van der Waals surface area contributed by atoms with Crippen LogP contribution >= 0.6 is 0 Å². The quantitative estimate of drug-likeness (QED) is 0.270. The number of hydrogen-bond acceptors (Lipinski definition) is 5. The van der Waals surface area contributed by atoms with Gasteiger partial charge in [-0.25, -0.2) is 0 Å². The molecule has 1 aliphatic rings. The van der Waals surface area contributed by atoms with Gasteiger partial charge in [-0.1, -0.05) is 0 Å². The normalized spacial score (nSPS) is 17.0. The Hall–Kier alpha value is 1.50. The summed E-state index contributed by atoms with van der Waals surface area (Å²) in [4.78, 5) is 2.02. The number of morpholine rings is 1. The van der Waals surface area contributed by atoms with Crippen LogP contribution in [0.2, 0.25) is 0 Å². The van der Waals surface area contributed by atoms with E-state index < -0.39 is 7.32 Å². The summed E-state index contributed by atoms with van der Waals surface area (Å²) in [6.07, 6.45) is 0. The second-order valence-corrected chi connectivity index (χ2v) is 2.08. The molecule has 0 saturated carbocycles. The molecule has 7 heteroatoms. The van der Waals surface area contributed by atoms with Crippen LogP contribution in [0, 0.1) is 7.05 Å². The fraction of sp³-hybridized carbons (Fsp3) is 0.800. The Balaban J connectivity index is 0. The van der Waals surface area contributed by atoms with E-state index in [1.165, 1.54) is 0 Å². The summed E-state index contributed by atoms with van der Waals surface area (Å²) < 4.78 is 5.06. The fourth-order valence-electron chi connectivity index (χ4n) is 0.601. The molecule has 3 N–H and O–H groups in total. The number of ether oxygens (including phenoxy) is 1. The van der Waals surface area contributed by atoms with Crippen LogP contribution in [0.5, 0.6) is 0 Å². The smallest absolute Gasteiger partial charge is 0.455 e. The molecular formula is C5H13BKNO4. The largest absolute Gasteiger partial charge is 1.00 e.